The smallest absolute Gasteiger partial charge is 0.223 e. The van der Waals surface area contributed by atoms with Gasteiger partial charge in [0.1, 0.15) is 5.75 Å². The molecule has 3 rings (SSSR count). The van der Waals surface area contributed by atoms with Crippen LogP contribution in [0.1, 0.15) is 61.7 Å². The van der Waals surface area contributed by atoms with E-state index < -0.39 is 0 Å². The minimum atomic E-state index is 0. The van der Waals surface area contributed by atoms with E-state index >= 15 is 0 Å². The molecule has 5 nitrogen and oxygen atoms in total. The number of benzene rings is 1. The zero-order chi connectivity index (χ0) is 19.3. The molecular weight excluding hydrogens is 376 g/mol. The van der Waals surface area contributed by atoms with E-state index in [0.29, 0.717) is 26.1 Å². The minimum Gasteiger partial charge on any atom is -0.497 e. The van der Waals surface area contributed by atoms with Crippen LogP contribution in [-0.2, 0) is 4.79 Å². The van der Waals surface area contributed by atoms with Gasteiger partial charge in [-0.2, -0.15) is 0 Å². The highest BCUT2D eigenvalue weighted by Gasteiger charge is 2.36. The largest absolute Gasteiger partial charge is 0.497 e. The summed E-state index contributed by atoms with van der Waals surface area (Å²) in [7, 11) is 1.62. The highest BCUT2D eigenvalue weighted by atomic mass is 35.5. The van der Waals surface area contributed by atoms with Gasteiger partial charge in [0.15, 0.2) is 5.78 Å². The normalized spacial score (nSPS) is 19.6. The summed E-state index contributed by atoms with van der Waals surface area (Å²) >= 11 is 0. The average Bonchev–Trinajstić information content (AvgIpc) is 2.74. The second-order valence-electron chi connectivity index (χ2n) is 8.19. The predicted octanol–water partition coefficient (Wildman–Crippen LogP) is 3.84. The highest BCUT2D eigenvalue weighted by molar-refractivity contribution is 5.98. The Morgan fingerprint density at radius 1 is 1.11 bits per heavy atom. The molecule has 28 heavy (non-hydrogen) atoms. The zero-order valence-electron chi connectivity index (χ0n) is 16.8. The predicted molar refractivity (Wildman–Crippen MR) is 113 cm³/mol. The van der Waals surface area contributed by atoms with Gasteiger partial charge in [0.05, 0.1) is 7.11 Å². The van der Waals surface area contributed by atoms with Crippen molar-refractivity contribution in [2.24, 2.45) is 17.1 Å². The van der Waals surface area contributed by atoms with Crippen LogP contribution in [0.15, 0.2) is 24.3 Å². The molecule has 1 aliphatic carbocycles. The first-order valence-corrected chi connectivity index (χ1v) is 10.2. The van der Waals surface area contributed by atoms with Gasteiger partial charge in [-0.3, -0.25) is 9.59 Å². The van der Waals surface area contributed by atoms with Gasteiger partial charge in [-0.15, -0.1) is 12.4 Å². The molecule has 1 saturated heterocycles. The second-order valence-corrected chi connectivity index (χ2v) is 8.19. The van der Waals surface area contributed by atoms with Crippen LogP contribution in [0.25, 0.3) is 0 Å². The van der Waals surface area contributed by atoms with Gasteiger partial charge in [0.25, 0.3) is 0 Å². The molecule has 156 valence electrons. The Bertz CT molecular complexity index is 648. The number of hydrogen-bond donors (Lipinski definition) is 1. The summed E-state index contributed by atoms with van der Waals surface area (Å²) in [6.07, 6.45) is 7.82. The standard InChI is InChI=1S/C22H32N2O3.ClH/c1-27-19-7-5-17(6-8-19)21(26)18-9-13-24(14-10-18)20(25)15-22(16-23)11-3-2-4-12-22;/h5-8,18H,2-4,9-16,23H2,1H3;1H. The molecule has 1 aromatic rings. The summed E-state index contributed by atoms with van der Waals surface area (Å²) in [5.41, 5.74) is 6.77. The van der Waals surface area contributed by atoms with Gasteiger partial charge >= 0.3 is 0 Å². The number of halogens is 1. The third-order valence-corrected chi connectivity index (χ3v) is 6.47. The van der Waals surface area contributed by atoms with Crippen LogP contribution in [0, 0.1) is 11.3 Å². The highest BCUT2D eigenvalue weighted by Crippen LogP contribution is 2.39. The molecule has 0 aromatic heterocycles. The maximum atomic E-state index is 12.8. The molecule has 0 bridgehead atoms. The van der Waals surface area contributed by atoms with Crippen molar-refractivity contribution in [3.63, 3.8) is 0 Å². The van der Waals surface area contributed by atoms with Crippen molar-refractivity contribution in [1.29, 1.82) is 0 Å². The lowest BCUT2D eigenvalue weighted by molar-refractivity contribution is -0.135. The molecule has 2 N–H and O–H groups in total. The molecule has 0 radical (unpaired) electrons. The first kappa shape index (κ1) is 22.7. The molecule has 1 heterocycles. The number of methoxy groups -OCH3 is 1. The Morgan fingerprint density at radius 3 is 2.25 bits per heavy atom. The Labute approximate surface area is 174 Å². The SMILES string of the molecule is COc1ccc(C(=O)C2CCN(C(=O)CC3(CN)CCCCC3)CC2)cc1.Cl. The summed E-state index contributed by atoms with van der Waals surface area (Å²) in [5, 5.41) is 0. The van der Waals surface area contributed by atoms with Gasteiger partial charge in [0, 0.05) is 31.0 Å². The first-order chi connectivity index (χ1) is 13.1. The number of rotatable bonds is 6. The molecule has 1 saturated carbocycles. The summed E-state index contributed by atoms with van der Waals surface area (Å²) in [6, 6.07) is 7.30. The number of amides is 1. The molecule has 2 aliphatic rings. The lowest BCUT2D eigenvalue weighted by Gasteiger charge is -2.39. The summed E-state index contributed by atoms with van der Waals surface area (Å²) in [4.78, 5) is 27.5. The van der Waals surface area contributed by atoms with Crippen LogP contribution in [0.2, 0.25) is 0 Å². The molecular formula is C22H33ClN2O3. The number of hydrogen-bond acceptors (Lipinski definition) is 4. The molecule has 2 fully saturated rings. The number of nitrogens with zero attached hydrogens (tertiary/aromatic N) is 1. The van der Waals surface area contributed by atoms with Gasteiger partial charge in [-0.1, -0.05) is 19.3 Å². The van der Waals surface area contributed by atoms with Crippen molar-refractivity contribution < 1.29 is 14.3 Å². The maximum absolute atomic E-state index is 12.8. The molecule has 1 aliphatic heterocycles. The van der Waals surface area contributed by atoms with Gasteiger partial charge < -0.3 is 15.4 Å². The number of piperidine rings is 1. The summed E-state index contributed by atoms with van der Waals surface area (Å²) in [5.74, 6) is 1.15. The molecule has 6 heteroatoms. The van der Waals surface area contributed by atoms with Gasteiger partial charge in [0.2, 0.25) is 5.91 Å². The monoisotopic (exact) mass is 408 g/mol. The Balaban J connectivity index is 0.00000280. The van der Waals surface area contributed by atoms with Crippen molar-refractivity contribution in [2.75, 3.05) is 26.7 Å². The quantitative estimate of drug-likeness (QED) is 0.726. The number of ether oxygens (including phenoxy) is 1. The fourth-order valence-electron chi connectivity index (χ4n) is 4.57. The topological polar surface area (TPSA) is 72.6 Å². The molecule has 1 amide bonds. The third kappa shape index (κ3) is 5.26. The molecule has 0 atom stereocenters. The van der Waals surface area contributed by atoms with E-state index in [1.54, 1.807) is 7.11 Å². The lowest BCUT2D eigenvalue weighted by Crippen LogP contribution is -2.44. The third-order valence-electron chi connectivity index (χ3n) is 6.47. The van der Waals surface area contributed by atoms with E-state index in [1.165, 1.54) is 19.3 Å². The summed E-state index contributed by atoms with van der Waals surface area (Å²) < 4.78 is 5.15. The number of carbonyl (C=O) groups is 2. The van der Waals surface area contributed by atoms with Crippen molar-refractivity contribution in [3.05, 3.63) is 29.8 Å². The fraction of sp³-hybridized carbons (Fsp3) is 0.636. The van der Waals surface area contributed by atoms with Crippen LogP contribution >= 0.6 is 12.4 Å². The van der Waals surface area contributed by atoms with Crippen LogP contribution in [-0.4, -0.2) is 43.3 Å². The van der Waals surface area contributed by atoms with Gasteiger partial charge in [-0.25, -0.2) is 0 Å². The van der Waals surface area contributed by atoms with E-state index in [2.05, 4.69) is 0 Å². The number of carbonyl (C=O) groups excluding carboxylic acids is 2. The van der Waals surface area contributed by atoms with E-state index in [1.807, 2.05) is 29.2 Å². The minimum absolute atomic E-state index is 0. The number of Topliss-reactive ketones (excluding diaryl/α,β-unsaturated/α-hetero) is 1. The van der Waals surface area contributed by atoms with Crippen LogP contribution in [0.3, 0.4) is 0 Å². The van der Waals surface area contributed by atoms with Gasteiger partial charge in [-0.05, 0) is 61.9 Å². The van der Waals surface area contributed by atoms with E-state index in [-0.39, 0.29) is 35.4 Å². The Hall–Kier alpha value is -1.59. The van der Waals surface area contributed by atoms with E-state index in [0.717, 1.165) is 37.0 Å². The zero-order valence-corrected chi connectivity index (χ0v) is 17.6. The van der Waals surface area contributed by atoms with E-state index in [9.17, 15) is 9.59 Å². The Morgan fingerprint density at radius 2 is 1.71 bits per heavy atom. The molecule has 1 aromatic carbocycles. The van der Waals surface area contributed by atoms with E-state index in [4.69, 9.17) is 10.5 Å². The van der Waals surface area contributed by atoms with Crippen molar-refractivity contribution >= 4 is 24.1 Å². The summed E-state index contributed by atoms with van der Waals surface area (Å²) in [6.45, 7) is 1.95. The fourth-order valence-corrected chi connectivity index (χ4v) is 4.57. The first-order valence-electron chi connectivity index (χ1n) is 10.2. The maximum Gasteiger partial charge on any atom is 0.223 e. The molecule has 0 unspecified atom stereocenters. The van der Waals surface area contributed by atoms with Crippen LogP contribution < -0.4 is 10.5 Å². The van der Waals surface area contributed by atoms with Crippen molar-refractivity contribution in [1.82, 2.24) is 4.90 Å². The van der Waals surface area contributed by atoms with Crippen LogP contribution in [0.5, 0.6) is 5.75 Å². The second kappa shape index (κ2) is 10.3. The Kier molecular flexibility index (Phi) is 8.32. The number of likely N-dealkylation sites (tertiary alicyclic amines) is 1. The number of nitrogens with two attached hydrogens (primary N) is 1. The molecule has 0 spiro atoms. The van der Waals surface area contributed by atoms with Crippen molar-refractivity contribution in [3.8, 4) is 5.75 Å². The van der Waals surface area contributed by atoms with Crippen molar-refractivity contribution in [2.45, 2.75) is 51.4 Å². The number of ketones is 1. The van der Waals surface area contributed by atoms with Crippen LogP contribution in [0.4, 0.5) is 0 Å². The lowest BCUT2D eigenvalue weighted by atomic mass is 9.71. The average molecular weight is 409 g/mol.